The topological polar surface area (TPSA) is 55.1 Å². The molecular weight excluding hydrogens is 368 g/mol. The lowest BCUT2D eigenvalue weighted by Crippen LogP contribution is -2.36. The lowest BCUT2D eigenvalue weighted by atomic mass is 9.77. The van der Waals surface area contributed by atoms with Gasteiger partial charge in [-0.2, -0.15) is 0 Å². The summed E-state index contributed by atoms with van der Waals surface area (Å²) >= 11 is 3.47. The van der Waals surface area contributed by atoms with Gasteiger partial charge in [0, 0.05) is 16.5 Å². The Balaban J connectivity index is 1.64. The molecule has 1 heterocycles. The number of carbonyl (C=O) groups is 1. The number of hydrogen-bond donors (Lipinski definition) is 1. The van der Waals surface area contributed by atoms with Crippen molar-refractivity contribution in [2.24, 2.45) is 5.92 Å². The number of nitrogens with zero attached hydrogens (tertiary/aromatic N) is 1. The highest BCUT2D eigenvalue weighted by atomic mass is 79.9. The SMILES string of the molecule is Cc1noc(C)c1CCC(=O)NC(c1ccc(Br)cc1)C1CCC1. The summed E-state index contributed by atoms with van der Waals surface area (Å²) in [6, 6.07) is 8.39. The van der Waals surface area contributed by atoms with Crippen molar-refractivity contribution in [3.63, 3.8) is 0 Å². The molecule has 4 nitrogen and oxygen atoms in total. The zero-order valence-electron chi connectivity index (χ0n) is 14.1. The van der Waals surface area contributed by atoms with E-state index in [1.165, 1.54) is 24.8 Å². The van der Waals surface area contributed by atoms with Crippen LogP contribution in [0, 0.1) is 19.8 Å². The minimum Gasteiger partial charge on any atom is -0.361 e. The van der Waals surface area contributed by atoms with Gasteiger partial charge in [-0.05, 0) is 56.7 Å². The van der Waals surface area contributed by atoms with Crippen molar-refractivity contribution in [1.29, 1.82) is 0 Å². The normalized spacial score (nSPS) is 15.8. The maximum atomic E-state index is 12.5. The summed E-state index contributed by atoms with van der Waals surface area (Å²) in [5.74, 6) is 1.45. The Hall–Kier alpha value is -1.62. The Morgan fingerprint density at radius 1 is 1.33 bits per heavy atom. The van der Waals surface area contributed by atoms with Crippen LogP contribution in [0.15, 0.2) is 33.3 Å². The molecule has 24 heavy (non-hydrogen) atoms. The van der Waals surface area contributed by atoms with E-state index in [4.69, 9.17) is 4.52 Å². The molecular formula is C19H23BrN2O2. The van der Waals surface area contributed by atoms with E-state index < -0.39 is 0 Å². The van der Waals surface area contributed by atoms with Crippen molar-refractivity contribution in [2.45, 2.75) is 52.0 Å². The Bertz CT molecular complexity index is 685. The molecule has 1 saturated carbocycles. The van der Waals surface area contributed by atoms with Gasteiger partial charge in [-0.3, -0.25) is 4.79 Å². The summed E-state index contributed by atoms with van der Waals surface area (Å²) in [6.45, 7) is 3.81. The van der Waals surface area contributed by atoms with E-state index in [0.29, 0.717) is 18.8 Å². The molecule has 5 heteroatoms. The molecule has 1 amide bonds. The van der Waals surface area contributed by atoms with Crippen molar-refractivity contribution in [3.8, 4) is 0 Å². The third kappa shape index (κ3) is 3.89. The minimum atomic E-state index is 0.0924. The Kier molecular flexibility index (Phi) is 5.39. The Morgan fingerprint density at radius 2 is 2.04 bits per heavy atom. The second-order valence-electron chi connectivity index (χ2n) is 6.59. The van der Waals surface area contributed by atoms with E-state index in [-0.39, 0.29) is 11.9 Å². The van der Waals surface area contributed by atoms with Gasteiger partial charge in [0.05, 0.1) is 11.7 Å². The monoisotopic (exact) mass is 390 g/mol. The second kappa shape index (κ2) is 7.51. The minimum absolute atomic E-state index is 0.0924. The van der Waals surface area contributed by atoms with Gasteiger partial charge in [0.25, 0.3) is 0 Å². The van der Waals surface area contributed by atoms with Gasteiger partial charge < -0.3 is 9.84 Å². The highest BCUT2D eigenvalue weighted by Gasteiger charge is 2.29. The van der Waals surface area contributed by atoms with Crippen molar-refractivity contribution < 1.29 is 9.32 Å². The standard InChI is InChI=1S/C19H23BrN2O2/c1-12-17(13(2)24-22-12)10-11-18(23)21-19(14-4-3-5-14)15-6-8-16(20)9-7-15/h6-9,14,19H,3-5,10-11H2,1-2H3,(H,21,23). The molecule has 1 atom stereocenters. The molecule has 1 unspecified atom stereocenters. The Labute approximate surface area is 151 Å². The summed E-state index contributed by atoms with van der Waals surface area (Å²) in [5.41, 5.74) is 3.12. The lowest BCUT2D eigenvalue weighted by Gasteiger charge is -2.34. The van der Waals surface area contributed by atoms with Crippen LogP contribution in [-0.4, -0.2) is 11.1 Å². The Morgan fingerprint density at radius 3 is 2.58 bits per heavy atom. The molecule has 1 aliphatic carbocycles. The van der Waals surface area contributed by atoms with Crippen molar-refractivity contribution in [2.75, 3.05) is 0 Å². The highest BCUT2D eigenvalue weighted by Crippen LogP contribution is 2.38. The molecule has 1 aliphatic rings. The van der Waals surface area contributed by atoms with Crippen LogP contribution in [0.2, 0.25) is 0 Å². The van der Waals surface area contributed by atoms with Crippen LogP contribution in [0.5, 0.6) is 0 Å². The van der Waals surface area contributed by atoms with Crippen LogP contribution in [0.25, 0.3) is 0 Å². The van der Waals surface area contributed by atoms with Crippen LogP contribution >= 0.6 is 15.9 Å². The van der Waals surface area contributed by atoms with Gasteiger partial charge >= 0.3 is 0 Å². The molecule has 1 aromatic carbocycles. The zero-order chi connectivity index (χ0) is 17.1. The average molecular weight is 391 g/mol. The maximum Gasteiger partial charge on any atom is 0.220 e. The number of benzene rings is 1. The quantitative estimate of drug-likeness (QED) is 0.780. The molecule has 0 aliphatic heterocycles. The largest absolute Gasteiger partial charge is 0.361 e. The zero-order valence-corrected chi connectivity index (χ0v) is 15.7. The number of carbonyl (C=O) groups excluding carboxylic acids is 1. The number of halogens is 1. The summed E-state index contributed by atoms with van der Waals surface area (Å²) in [5, 5.41) is 7.20. The number of aromatic nitrogens is 1. The van der Waals surface area contributed by atoms with Gasteiger partial charge in [-0.1, -0.05) is 39.6 Å². The first-order valence-corrected chi connectivity index (χ1v) is 9.30. The molecule has 0 radical (unpaired) electrons. The van der Waals surface area contributed by atoms with E-state index in [0.717, 1.165) is 21.5 Å². The van der Waals surface area contributed by atoms with Crippen molar-refractivity contribution in [3.05, 3.63) is 51.3 Å². The first kappa shape index (κ1) is 17.2. The van der Waals surface area contributed by atoms with Gasteiger partial charge in [0.15, 0.2) is 0 Å². The third-order valence-corrected chi connectivity index (χ3v) is 5.48. The van der Waals surface area contributed by atoms with Crippen LogP contribution in [0.3, 0.4) is 0 Å². The van der Waals surface area contributed by atoms with Crippen molar-refractivity contribution >= 4 is 21.8 Å². The maximum absolute atomic E-state index is 12.5. The number of rotatable bonds is 6. The molecule has 2 aromatic rings. The highest BCUT2D eigenvalue weighted by molar-refractivity contribution is 9.10. The van der Waals surface area contributed by atoms with Crippen molar-refractivity contribution in [1.82, 2.24) is 10.5 Å². The van der Waals surface area contributed by atoms with Crippen LogP contribution in [0.1, 0.15) is 54.3 Å². The number of hydrogen-bond acceptors (Lipinski definition) is 3. The fourth-order valence-electron chi connectivity index (χ4n) is 3.26. The molecule has 0 saturated heterocycles. The smallest absolute Gasteiger partial charge is 0.220 e. The van der Waals surface area contributed by atoms with Gasteiger partial charge in [0.2, 0.25) is 5.91 Å². The molecule has 0 spiro atoms. The first-order valence-electron chi connectivity index (χ1n) is 8.51. The molecule has 0 bridgehead atoms. The van der Waals surface area contributed by atoms with E-state index in [1.54, 1.807) is 0 Å². The van der Waals surface area contributed by atoms with Crippen LogP contribution in [0.4, 0.5) is 0 Å². The molecule has 1 N–H and O–H groups in total. The fraction of sp³-hybridized carbons (Fsp3) is 0.474. The predicted octanol–water partition coefficient (Wildman–Crippen LogP) is 4.64. The molecule has 3 rings (SSSR count). The number of aryl methyl sites for hydroxylation is 2. The summed E-state index contributed by atoms with van der Waals surface area (Å²) < 4.78 is 6.23. The molecule has 128 valence electrons. The van der Waals surface area contributed by atoms with E-state index in [1.807, 2.05) is 26.0 Å². The van der Waals surface area contributed by atoms with Gasteiger partial charge in [0.1, 0.15) is 5.76 Å². The average Bonchev–Trinajstić information content (AvgIpc) is 2.82. The van der Waals surface area contributed by atoms with Gasteiger partial charge in [-0.25, -0.2) is 0 Å². The van der Waals surface area contributed by atoms with E-state index in [2.05, 4.69) is 38.5 Å². The van der Waals surface area contributed by atoms with Gasteiger partial charge in [-0.15, -0.1) is 0 Å². The fourth-order valence-corrected chi connectivity index (χ4v) is 3.52. The summed E-state index contributed by atoms with van der Waals surface area (Å²) in [4.78, 5) is 12.5. The summed E-state index contributed by atoms with van der Waals surface area (Å²) in [6.07, 6.45) is 4.76. The lowest BCUT2D eigenvalue weighted by molar-refractivity contribution is -0.122. The van der Waals surface area contributed by atoms with E-state index in [9.17, 15) is 4.79 Å². The number of amides is 1. The third-order valence-electron chi connectivity index (χ3n) is 4.95. The predicted molar refractivity (Wildman–Crippen MR) is 96.7 cm³/mol. The summed E-state index contributed by atoms with van der Waals surface area (Å²) in [7, 11) is 0. The second-order valence-corrected chi connectivity index (χ2v) is 7.51. The number of nitrogens with one attached hydrogen (secondary N) is 1. The van der Waals surface area contributed by atoms with Crippen LogP contribution in [-0.2, 0) is 11.2 Å². The van der Waals surface area contributed by atoms with E-state index >= 15 is 0 Å². The van der Waals surface area contributed by atoms with Crippen LogP contribution < -0.4 is 5.32 Å². The molecule has 1 aromatic heterocycles. The molecule has 1 fully saturated rings. The first-order chi connectivity index (χ1) is 11.5.